The van der Waals surface area contributed by atoms with Crippen LogP contribution in [0.15, 0.2) is 42.5 Å². The second-order valence-electron chi connectivity index (χ2n) is 4.03. The molecule has 0 fully saturated rings. The Balaban J connectivity index is 2.39. The molecule has 6 heteroatoms. The van der Waals surface area contributed by atoms with E-state index in [2.05, 4.69) is 0 Å². The van der Waals surface area contributed by atoms with E-state index < -0.39 is 5.97 Å². The zero-order chi connectivity index (χ0) is 15.4. The highest BCUT2D eigenvalue weighted by Crippen LogP contribution is 2.33. The Morgan fingerprint density at radius 2 is 1.76 bits per heavy atom. The smallest absolute Gasteiger partial charge is 0.328 e. The summed E-state index contributed by atoms with van der Waals surface area (Å²) >= 11 is 17.9. The Labute approximate surface area is 136 Å². The standard InChI is InChI=1S/C15H9Cl3O3/c16-9-6-10(17)8-11(7-9)21-14-3-1-2-13(18)12(14)4-5-15(19)20/h1-8H,(H,19,20)/b5-4+. The van der Waals surface area contributed by atoms with Gasteiger partial charge in [-0.2, -0.15) is 0 Å². The van der Waals surface area contributed by atoms with E-state index >= 15 is 0 Å². The fourth-order valence-electron chi connectivity index (χ4n) is 1.64. The molecule has 0 aromatic heterocycles. The van der Waals surface area contributed by atoms with Gasteiger partial charge in [0.25, 0.3) is 0 Å². The number of carboxylic acid groups (broad SMARTS) is 1. The Morgan fingerprint density at radius 1 is 1.10 bits per heavy atom. The van der Waals surface area contributed by atoms with Crippen LogP contribution in [0.2, 0.25) is 15.1 Å². The van der Waals surface area contributed by atoms with Gasteiger partial charge in [0.1, 0.15) is 11.5 Å². The first-order valence-electron chi connectivity index (χ1n) is 5.79. The predicted molar refractivity (Wildman–Crippen MR) is 84.7 cm³/mol. The first-order chi connectivity index (χ1) is 9.95. The molecule has 2 rings (SSSR count). The van der Waals surface area contributed by atoms with Gasteiger partial charge in [-0.15, -0.1) is 0 Å². The molecular formula is C15H9Cl3O3. The maximum Gasteiger partial charge on any atom is 0.328 e. The van der Waals surface area contributed by atoms with Crippen molar-refractivity contribution in [1.29, 1.82) is 0 Å². The molecule has 0 saturated carbocycles. The molecule has 0 heterocycles. The summed E-state index contributed by atoms with van der Waals surface area (Å²) in [5.74, 6) is -0.246. The van der Waals surface area contributed by atoms with Crippen molar-refractivity contribution in [3.05, 3.63) is 63.1 Å². The van der Waals surface area contributed by atoms with Crippen LogP contribution in [0.1, 0.15) is 5.56 Å². The molecule has 0 aliphatic heterocycles. The number of benzene rings is 2. The van der Waals surface area contributed by atoms with Crippen molar-refractivity contribution in [3.63, 3.8) is 0 Å². The molecular weight excluding hydrogens is 335 g/mol. The Kier molecular flexibility index (Phi) is 5.12. The van der Waals surface area contributed by atoms with Crippen LogP contribution in [0, 0.1) is 0 Å². The lowest BCUT2D eigenvalue weighted by Crippen LogP contribution is -1.91. The highest BCUT2D eigenvalue weighted by atomic mass is 35.5. The molecule has 108 valence electrons. The van der Waals surface area contributed by atoms with Crippen LogP contribution in [0.25, 0.3) is 6.08 Å². The topological polar surface area (TPSA) is 46.5 Å². The fourth-order valence-corrected chi connectivity index (χ4v) is 2.37. The molecule has 21 heavy (non-hydrogen) atoms. The van der Waals surface area contributed by atoms with Gasteiger partial charge in [0.2, 0.25) is 0 Å². The van der Waals surface area contributed by atoms with Crippen molar-refractivity contribution in [2.45, 2.75) is 0 Å². The van der Waals surface area contributed by atoms with Gasteiger partial charge >= 0.3 is 5.97 Å². The monoisotopic (exact) mass is 342 g/mol. The second-order valence-corrected chi connectivity index (χ2v) is 5.31. The highest BCUT2D eigenvalue weighted by Gasteiger charge is 2.08. The normalized spacial score (nSPS) is 10.8. The molecule has 0 bridgehead atoms. The number of hydrogen-bond acceptors (Lipinski definition) is 2. The van der Waals surface area contributed by atoms with Gasteiger partial charge < -0.3 is 9.84 Å². The average Bonchev–Trinajstić information content (AvgIpc) is 2.36. The van der Waals surface area contributed by atoms with Crippen molar-refractivity contribution in [2.24, 2.45) is 0 Å². The number of halogens is 3. The molecule has 3 nitrogen and oxygen atoms in total. The molecule has 0 aliphatic rings. The summed E-state index contributed by atoms with van der Waals surface area (Å²) in [5, 5.41) is 9.95. The number of aliphatic carboxylic acids is 1. The number of ether oxygens (including phenoxy) is 1. The van der Waals surface area contributed by atoms with E-state index in [1.54, 1.807) is 36.4 Å². The summed E-state index contributed by atoms with van der Waals surface area (Å²) in [5.41, 5.74) is 0.456. The van der Waals surface area contributed by atoms with E-state index in [1.165, 1.54) is 6.08 Å². The molecule has 0 aliphatic carbocycles. The average molecular weight is 344 g/mol. The molecule has 0 spiro atoms. The third-order valence-electron chi connectivity index (χ3n) is 2.47. The zero-order valence-corrected chi connectivity index (χ0v) is 12.8. The highest BCUT2D eigenvalue weighted by molar-refractivity contribution is 6.34. The summed E-state index contributed by atoms with van der Waals surface area (Å²) in [4.78, 5) is 10.6. The van der Waals surface area contributed by atoms with Crippen LogP contribution in [0.5, 0.6) is 11.5 Å². The van der Waals surface area contributed by atoms with Crippen LogP contribution in [-0.2, 0) is 4.79 Å². The lowest BCUT2D eigenvalue weighted by atomic mass is 10.2. The number of carboxylic acids is 1. The number of hydrogen-bond donors (Lipinski definition) is 1. The summed E-state index contributed by atoms with van der Waals surface area (Å²) < 4.78 is 5.69. The number of rotatable bonds is 4. The minimum atomic E-state index is -1.08. The third kappa shape index (κ3) is 4.39. The van der Waals surface area contributed by atoms with Crippen molar-refractivity contribution in [3.8, 4) is 11.5 Å². The molecule has 0 radical (unpaired) electrons. The minimum Gasteiger partial charge on any atom is -0.478 e. The largest absolute Gasteiger partial charge is 0.478 e. The van der Waals surface area contributed by atoms with Gasteiger partial charge in [-0.25, -0.2) is 4.79 Å². The van der Waals surface area contributed by atoms with Crippen molar-refractivity contribution in [2.75, 3.05) is 0 Å². The van der Waals surface area contributed by atoms with Crippen molar-refractivity contribution >= 4 is 46.8 Å². The molecule has 1 N–H and O–H groups in total. The number of carbonyl (C=O) groups is 1. The molecule has 0 atom stereocenters. The second kappa shape index (κ2) is 6.85. The van der Waals surface area contributed by atoms with Crippen molar-refractivity contribution < 1.29 is 14.6 Å². The Bertz CT molecular complexity index is 691. The van der Waals surface area contributed by atoms with Gasteiger partial charge in [-0.1, -0.05) is 40.9 Å². The molecule has 0 unspecified atom stereocenters. The van der Waals surface area contributed by atoms with Gasteiger partial charge in [0, 0.05) is 21.7 Å². The summed E-state index contributed by atoms with van der Waals surface area (Å²) in [6, 6.07) is 9.78. The van der Waals surface area contributed by atoms with Gasteiger partial charge in [0.15, 0.2) is 0 Å². The van der Waals surface area contributed by atoms with Crippen LogP contribution < -0.4 is 4.74 Å². The van der Waals surface area contributed by atoms with Gasteiger partial charge in [-0.3, -0.25) is 0 Å². The minimum absolute atomic E-state index is 0.373. The van der Waals surface area contributed by atoms with Crippen LogP contribution in [0.4, 0.5) is 0 Å². The first kappa shape index (κ1) is 15.7. The fraction of sp³-hybridized carbons (Fsp3) is 0. The lowest BCUT2D eigenvalue weighted by molar-refractivity contribution is -0.131. The van der Waals surface area contributed by atoms with E-state index in [0.29, 0.717) is 32.1 Å². The predicted octanol–water partition coefficient (Wildman–Crippen LogP) is 5.54. The maximum atomic E-state index is 10.6. The van der Waals surface area contributed by atoms with Gasteiger partial charge in [0.05, 0.1) is 5.02 Å². The maximum absolute atomic E-state index is 10.6. The quantitative estimate of drug-likeness (QED) is 0.742. The van der Waals surface area contributed by atoms with E-state index in [-0.39, 0.29) is 0 Å². The van der Waals surface area contributed by atoms with E-state index in [0.717, 1.165) is 6.08 Å². The van der Waals surface area contributed by atoms with Crippen LogP contribution in [0.3, 0.4) is 0 Å². The van der Waals surface area contributed by atoms with E-state index in [1.807, 2.05) is 0 Å². The Hall–Kier alpha value is -1.68. The van der Waals surface area contributed by atoms with Gasteiger partial charge in [-0.05, 0) is 36.4 Å². The van der Waals surface area contributed by atoms with E-state index in [9.17, 15) is 4.79 Å². The summed E-state index contributed by atoms with van der Waals surface area (Å²) in [6.07, 6.45) is 2.35. The summed E-state index contributed by atoms with van der Waals surface area (Å²) in [6.45, 7) is 0. The Morgan fingerprint density at radius 3 is 2.38 bits per heavy atom. The van der Waals surface area contributed by atoms with Crippen LogP contribution in [-0.4, -0.2) is 11.1 Å². The molecule has 2 aromatic carbocycles. The lowest BCUT2D eigenvalue weighted by Gasteiger charge is -2.10. The summed E-state index contributed by atoms with van der Waals surface area (Å²) in [7, 11) is 0. The van der Waals surface area contributed by atoms with Crippen molar-refractivity contribution in [1.82, 2.24) is 0 Å². The molecule has 0 saturated heterocycles. The molecule has 2 aromatic rings. The zero-order valence-electron chi connectivity index (χ0n) is 10.5. The van der Waals surface area contributed by atoms with E-state index in [4.69, 9.17) is 44.6 Å². The third-order valence-corrected chi connectivity index (χ3v) is 3.24. The SMILES string of the molecule is O=C(O)/C=C/c1c(Cl)cccc1Oc1cc(Cl)cc(Cl)c1. The molecule has 0 amide bonds. The first-order valence-corrected chi connectivity index (χ1v) is 6.92. The van der Waals surface area contributed by atoms with Crippen LogP contribution >= 0.6 is 34.8 Å².